The predicted octanol–water partition coefficient (Wildman–Crippen LogP) is 17.4. The molecule has 0 saturated carbocycles. The van der Waals surface area contributed by atoms with E-state index in [1.54, 1.807) is 0 Å². The summed E-state index contributed by atoms with van der Waals surface area (Å²) in [4.78, 5) is 0. The minimum absolute atomic E-state index is 1.16. The van der Waals surface area contributed by atoms with Crippen LogP contribution < -0.4 is 0 Å². The van der Waals surface area contributed by atoms with Crippen molar-refractivity contribution in [2.45, 2.75) is 55.4 Å². The zero-order chi connectivity index (χ0) is 45.6. The van der Waals surface area contributed by atoms with Gasteiger partial charge in [-0.1, -0.05) is 192 Å². The van der Waals surface area contributed by atoms with Gasteiger partial charge in [0.05, 0.1) is 11.4 Å². The van der Waals surface area contributed by atoms with Gasteiger partial charge in [-0.2, -0.15) is 0 Å². The number of rotatable bonds is 9. The second-order valence-electron chi connectivity index (χ2n) is 18.2. The van der Waals surface area contributed by atoms with Crippen molar-refractivity contribution in [3.8, 4) is 89.5 Å². The van der Waals surface area contributed by atoms with E-state index in [-0.39, 0.29) is 0 Å². The van der Waals surface area contributed by atoms with Gasteiger partial charge in [-0.05, 0) is 135 Å². The maximum absolute atomic E-state index is 2.47. The molecule has 2 aromatic heterocycles. The lowest BCUT2D eigenvalue weighted by Gasteiger charge is -2.15. The number of hydrogen-bond acceptors (Lipinski definition) is 0. The van der Waals surface area contributed by atoms with Gasteiger partial charge in [-0.15, -0.1) is 0 Å². The first-order valence-electron chi connectivity index (χ1n) is 23.2. The molecule has 322 valence electrons. The molecule has 0 spiro atoms. The number of benzene rings is 8. The van der Waals surface area contributed by atoms with E-state index in [1.165, 1.54) is 123 Å². The van der Waals surface area contributed by atoms with E-state index in [0.29, 0.717) is 0 Å². The standard InChI is InChI=1S/C64H56N2/c1-41-19-27-51(28-20-41)63-61(49-15-11-9-12-16-49)59(47(7)65(63)55-33-23-43(3)24-34-55)53-31-37-57(45(5)39-53)58-38-32-54(40-46(58)6)60-48(8)66(56-35-25-44(4)26-36-56)64(52-29-21-42(2)22-30-52)62(60)50-17-13-10-14-18-50/h9-40H,1-8H3. The molecule has 0 aliphatic carbocycles. The van der Waals surface area contributed by atoms with Crippen molar-refractivity contribution in [2.75, 3.05) is 0 Å². The third-order valence-electron chi connectivity index (χ3n) is 13.5. The molecular weight excluding hydrogens is 797 g/mol. The van der Waals surface area contributed by atoms with Gasteiger partial charge in [0.15, 0.2) is 0 Å². The highest BCUT2D eigenvalue weighted by molar-refractivity contribution is 5.99. The summed E-state index contributed by atoms with van der Waals surface area (Å²) in [5, 5.41) is 0. The van der Waals surface area contributed by atoms with Crippen LogP contribution in [0.25, 0.3) is 89.5 Å². The summed E-state index contributed by atoms with van der Waals surface area (Å²) in [7, 11) is 0. The molecule has 2 heterocycles. The summed E-state index contributed by atoms with van der Waals surface area (Å²) in [6, 6.07) is 71.9. The SMILES string of the molecule is Cc1ccc(-c2c(-c3ccccc3)c(-c3ccc(-c4ccc(-c5c(-c6ccccc6)c(-c6ccc(C)cc6)n(-c6ccc(C)cc6)c5C)cc4C)c(C)c3)c(C)n2-c2ccc(C)cc2)cc1. The lowest BCUT2D eigenvalue weighted by Crippen LogP contribution is -2.00. The number of hydrogen-bond donors (Lipinski definition) is 0. The van der Waals surface area contributed by atoms with Crippen LogP contribution in [0.4, 0.5) is 0 Å². The molecule has 0 saturated heterocycles. The van der Waals surface area contributed by atoms with E-state index >= 15 is 0 Å². The van der Waals surface area contributed by atoms with Crippen molar-refractivity contribution in [1.29, 1.82) is 0 Å². The molecule has 0 bridgehead atoms. The van der Waals surface area contributed by atoms with Crippen LogP contribution in [-0.2, 0) is 0 Å². The van der Waals surface area contributed by atoms with Gasteiger partial charge in [0.2, 0.25) is 0 Å². The average Bonchev–Trinajstić information content (AvgIpc) is 3.81. The first-order valence-corrected chi connectivity index (χ1v) is 23.2. The monoisotopic (exact) mass is 852 g/mol. The van der Waals surface area contributed by atoms with Crippen molar-refractivity contribution >= 4 is 0 Å². The second-order valence-corrected chi connectivity index (χ2v) is 18.2. The Morgan fingerprint density at radius 3 is 0.879 bits per heavy atom. The highest BCUT2D eigenvalue weighted by atomic mass is 15.0. The van der Waals surface area contributed by atoms with Crippen LogP contribution in [0.5, 0.6) is 0 Å². The molecule has 10 aromatic rings. The van der Waals surface area contributed by atoms with Gasteiger partial charge in [0.1, 0.15) is 0 Å². The van der Waals surface area contributed by atoms with Gasteiger partial charge in [0, 0.05) is 45.0 Å². The Morgan fingerprint density at radius 1 is 0.258 bits per heavy atom. The molecule has 2 nitrogen and oxygen atoms in total. The lowest BCUT2D eigenvalue weighted by atomic mass is 9.88. The van der Waals surface area contributed by atoms with E-state index in [4.69, 9.17) is 0 Å². The lowest BCUT2D eigenvalue weighted by molar-refractivity contribution is 1.02. The highest BCUT2D eigenvalue weighted by Gasteiger charge is 2.27. The first-order chi connectivity index (χ1) is 32.0. The van der Waals surface area contributed by atoms with E-state index in [0.717, 1.165) is 11.4 Å². The van der Waals surface area contributed by atoms with Crippen LogP contribution in [0.2, 0.25) is 0 Å². The first kappa shape index (κ1) is 42.3. The topological polar surface area (TPSA) is 9.86 Å². The molecule has 0 radical (unpaired) electrons. The Kier molecular flexibility index (Phi) is 11.1. The predicted molar refractivity (Wildman–Crippen MR) is 281 cm³/mol. The quantitative estimate of drug-likeness (QED) is 0.137. The molecule has 0 unspecified atom stereocenters. The summed E-state index contributed by atoms with van der Waals surface area (Å²) in [5.74, 6) is 0. The molecule has 0 aliphatic heterocycles. The van der Waals surface area contributed by atoms with E-state index in [9.17, 15) is 0 Å². The molecule has 0 amide bonds. The van der Waals surface area contributed by atoms with Gasteiger partial charge in [-0.25, -0.2) is 0 Å². The fraction of sp³-hybridized carbons (Fsp3) is 0.125. The van der Waals surface area contributed by atoms with Crippen LogP contribution in [-0.4, -0.2) is 9.13 Å². The third kappa shape index (κ3) is 7.63. The Bertz CT molecular complexity index is 3130. The molecule has 8 aromatic carbocycles. The fourth-order valence-electron chi connectivity index (χ4n) is 10.1. The van der Waals surface area contributed by atoms with Gasteiger partial charge in [0.25, 0.3) is 0 Å². The molecule has 0 aliphatic rings. The number of aryl methyl sites for hydroxylation is 6. The number of aromatic nitrogens is 2. The van der Waals surface area contributed by atoms with Crippen LogP contribution in [0.15, 0.2) is 194 Å². The van der Waals surface area contributed by atoms with E-state index in [1.807, 2.05) is 0 Å². The smallest absolute Gasteiger partial charge is 0.0616 e. The van der Waals surface area contributed by atoms with Crippen molar-refractivity contribution in [1.82, 2.24) is 9.13 Å². The van der Waals surface area contributed by atoms with Crippen molar-refractivity contribution in [3.05, 3.63) is 239 Å². The minimum atomic E-state index is 1.16. The second kappa shape index (κ2) is 17.4. The molecule has 10 rings (SSSR count). The Balaban J connectivity index is 1.13. The fourth-order valence-corrected chi connectivity index (χ4v) is 10.1. The summed E-state index contributed by atoms with van der Waals surface area (Å²) in [6.45, 7) is 17.7. The largest absolute Gasteiger partial charge is 0.313 e. The van der Waals surface area contributed by atoms with Crippen LogP contribution >= 0.6 is 0 Å². The minimum Gasteiger partial charge on any atom is -0.313 e. The molecule has 0 fully saturated rings. The summed E-state index contributed by atoms with van der Waals surface area (Å²) in [5.41, 5.74) is 29.4. The van der Waals surface area contributed by atoms with Crippen LogP contribution in [0.1, 0.15) is 44.8 Å². The van der Waals surface area contributed by atoms with Gasteiger partial charge >= 0.3 is 0 Å². The summed E-state index contributed by atoms with van der Waals surface area (Å²) in [6.07, 6.45) is 0. The molecule has 66 heavy (non-hydrogen) atoms. The maximum Gasteiger partial charge on any atom is 0.0616 e. The average molecular weight is 853 g/mol. The molecule has 2 heteroatoms. The van der Waals surface area contributed by atoms with E-state index < -0.39 is 0 Å². The summed E-state index contributed by atoms with van der Waals surface area (Å²) < 4.78 is 4.94. The van der Waals surface area contributed by atoms with Crippen molar-refractivity contribution in [3.63, 3.8) is 0 Å². The Morgan fingerprint density at radius 2 is 0.561 bits per heavy atom. The Labute approximate surface area is 391 Å². The molecule has 0 N–H and O–H groups in total. The zero-order valence-electron chi connectivity index (χ0n) is 39.4. The summed E-state index contributed by atoms with van der Waals surface area (Å²) >= 11 is 0. The highest BCUT2D eigenvalue weighted by Crippen LogP contribution is 2.49. The van der Waals surface area contributed by atoms with Crippen molar-refractivity contribution < 1.29 is 0 Å². The normalized spacial score (nSPS) is 11.3. The molecule has 0 atom stereocenters. The maximum atomic E-state index is 2.47. The van der Waals surface area contributed by atoms with Crippen LogP contribution in [0.3, 0.4) is 0 Å². The van der Waals surface area contributed by atoms with E-state index in [2.05, 4.69) is 259 Å². The van der Waals surface area contributed by atoms with Gasteiger partial charge in [-0.3, -0.25) is 0 Å². The van der Waals surface area contributed by atoms with Gasteiger partial charge < -0.3 is 9.13 Å². The molecular formula is C64H56N2. The van der Waals surface area contributed by atoms with Crippen molar-refractivity contribution in [2.24, 2.45) is 0 Å². The third-order valence-corrected chi connectivity index (χ3v) is 13.5. The zero-order valence-corrected chi connectivity index (χ0v) is 39.4. The Hall–Kier alpha value is -7.68. The number of nitrogens with zero attached hydrogens (tertiary/aromatic N) is 2. The van der Waals surface area contributed by atoms with Crippen LogP contribution in [0, 0.1) is 55.4 Å².